The number of benzene rings is 2. The molecule has 0 aliphatic carbocycles. The number of aryl methyl sites for hydroxylation is 2. The third kappa shape index (κ3) is 3.63. The van der Waals surface area contributed by atoms with Crippen LogP contribution in [0.25, 0.3) is 0 Å². The topological polar surface area (TPSA) is 9.23 Å². The lowest BCUT2D eigenvalue weighted by Crippen LogP contribution is -1.96. The Hall–Kier alpha value is -1.76. The molecule has 0 atom stereocenters. The van der Waals surface area contributed by atoms with E-state index in [1.54, 1.807) is 0 Å². The molecule has 0 fully saturated rings. The van der Waals surface area contributed by atoms with Gasteiger partial charge in [-0.2, -0.15) is 0 Å². The highest BCUT2D eigenvalue weighted by molar-refractivity contribution is 5.29. The second-order valence-corrected chi connectivity index (χ2v) is 4.67. The average Bonchev–Trinajstić information content (AvgIpc) is 2.39. The third-order valence-electron chi connectivity index (χ3n) is 2.96. The van der Waals surface area contributed by atoms with Gasteiger partial charge in [-0.1, -0.05) is 55.3 Å². The van der Waals surface area contributed by atoms with Crippen molar-refractivity contribution in [2.75, 3.05) is 0 Å². The molecule has 0 aliphatic heterocycles. The number of ether oxygens (including phenoxy) is 1. The highest BCUT2D eigenvalue weighted by atomic mass is 16.5. The smallest absolute Gasteiger partial charge is 0.120 e. The molecule has 2 rings (SSSR count). The Bertz CT molecular complexity index is 485. The Kier molecular flexibility index (Phi) is 4.40. The molecule has 0 bridgehead atoms. The Morgan fingerprint density at radius 3 is 2.44 bits per heavy atom. The highest BCUT2D eigenvalue weighted by Gasteiger charge is 1.98. The van der Waals surface area contributed by atoms with E-state index >= 15 is 0 Å². The maximum absolute atomic E-state index is 5.82. The molecule has 0 unspecified atom stereocenters. The van der Waals surface area contributed by atoms with E-state index in [2.05, 4.69) is 56.3 Å². The zero-order chi connectivity index (χ0) is 12.8. The molecule has 2 aromatic rings. The summed E-state index contributed by atoms with van der Waals surface area (Å²) >= 11 is 0. The molecular formula is C17H20O. The van der Waals surface area contributed by atoms with Gasteiger partial charge in [0.15, 0.2) is 0 Å². The molecule has 0 heterocycles. The summed E-state index contributed by atoms with van der Waals surface area (Å²) < 4.78 is 5.82. The Labute approximate surface area is 109 Å². The van der Waals surface area contributed by atoms with Crippen LogP contribution in [0.15, 0.2) is 48.5 Å². The minimum absolute atomic E-state index is 0.635. The van der Waals surface area contributed by atoms with Crippen molar-refractivity contribution in [3.63, 3.8) is 0 Å². The summed E-state index contributed by atoms with van der Waals surface area (Å²) in [5, 5.41) is 0. The molecule has 94 valence electrons. The summed E-state index contributed by atoms with van der Waals surface area (Å²) in [5.41, 5.74) is 3.84. The maximum Gasteiger partial charge on any atom is 0.120 e. The summed E-state index contributed by atoms with van der Waals surface area (Å²) in [7, 11) is 0. The van der Waals surface area contributed by atoms with Crippen LogP contribution in [0.5, 0.6) is 5.75 Å². The molecule has 2 aromatic carbocycles. The van der Waals surface area contributed by atoms with Crippen LogP contribution in [0, 0.1) is 6.92 Å². The van der Waals surface area contributed by atoms with Crippen LogP contribution in [-0.2, 0) is 13.0 Å². The lowest BCUT2D eigenvalue weighted by Gasteiger charge is -2.08. The molecule has 18 heavy (non-hydrogen) atoms. The SMILES string of the molecule is CCCc1cccc(OCc2ccc(C)cc2)c1. The fourth-order valence-electron chi connectivity index (χ4n) is 1.93. The minimum Gasteiger partial charge on any atom is -0.489 e. The van der Waals surface area contributed by atoms with Gasteiger partial charge in [-0.15, -0.1) is 0 Å². The lowest BCUT2D eigenvalue weighted by atomic mass is 10.1. The van der Waals surface area contributed by atoms with Crippen LogP contribution in [0.3, 0.4) is 0 Å². The number of hydrogen-bond acceptors (Lipinski definition) is 1. The van der Waals surface area contributed by atoms with Gasteiger partial charge in [0, 0.05) is 0 Å². The predicted octanol–water partition coefficient (Wildman–Crippen LogP) is 4.53. The Morgan fingerprint density at radius 1 is 0.944 bits per heavy atom. The van der Waals surface area contributed by atoms with Crippen molar-refractivity contribution in [2.24, 2.45) is 0 Å². The Morgan fingerprint density at radius 2 is 1.72 bits per heavy atom. The molecule has 0 aliphatic rings. The predicted molar refractivity (Wildman–Crippen MR) is 75.9 cm³/mol. The minimum atomic E-state index is 0.635. The molecule has 0 aromatic heterocycles. The van der Waals surface area contributed by atoms with Gasteiger partial charge in [-0.05, 0) is 36.6 Å². The summed E-state index contributed by atoms with van der Waals surface area (Å²) in [6, 6.07) is 16.8. The molecule has 0 amide bonds. The third-order valence-corrected chi connectivity index (χ3v) is 2.96. The van der Waals surface area contributed by atoms with Gasteiger partial charge >= 0.3 is 0 Å². The second kappa shape index (κ2) is 6.25. The van der Waals surface area contributed by atoms with Crippen molar-refractivity contribution in [2.45, 2.75) is 33.3 Å². The summed E-state index contributed by atoms with van der Waals surface area (Å²) in [6.07, 6.45) is 2.28. The normalized spacial score (nSPS) is 10.3. The molecule has 1 nitrogen and oxygen atoms in total. The second-order valence-electron chi connectivity index (χ2n) is 4.67. The van der Waals surface area contributed by atoms with E-state index in [1.165, 1.54) is 23.1 Å². The van der Waals surface area contributed by atoms with E-state index in [9.17, 15) is 0 Å². The molecule has 0 N–H and O–H groups in total. The van der Waals surface area contributed by atoms with Crippen LogP contribution in [0.2, 0.25) is 0 Å². The van der Waals surface area contributed by atoms with Gasteiger partial charge in [0.05, 0.1) is 0 Å². The van der Waals surface area contributed by atoms with Crippen molar-refractivity contribution in [3.8, 4) is 5.75 Å². The van der Waals surface area contributed by atoms with Gasteiger partial charge in [0.1, 0.15) is 12.4 Å². The van der Waals surface area contributed by atoms with Crippen molar-refractivity contribution in [3.05, 3.63) is 65.2 Å². The van der Waals surface area contributed by atoms with Crippen LogP contribution in [0.4, 0.5) is 0 Å². The first-order valence-electron chi connectivity index (χ1n) is 6.55. The summed E-state index contributed by atoms with van der Waals surface area (Å²) in [5.74, 6) is 0.960. The van der Waals surface area contributed by atoms with Crippen molar-refractivity contribution in [1.29, 1.82) is 0 Å². The van der Waals surface area contributed by atoms with Gasteiger partial charge in [0.25, 0.3) is 0 Å². The van der Waals surface area contributed by atoms with E-state index in [4.69, 9.17) is 4.74 Å². The zero-order valence-corrected chi connectivity index (χ0v) is 11.1. The van der Waals surface area contributed by atoms with Gasteiger partial charge in [-0.3, -0.25) is 0 Å². The zero-order valence-electron chi connectivity index (χ0n) is 11.1. The fourth-order valence-corrected chi connectivity index (χ4v) is 1.93. The Balaban J connectivity index is 1.97. The highest BCUT2D eigenvalue weighted by Crippen LogP contribution is 2.16. The van der Waals surface area contributed by atoms with Gasteiger partial charge < -0.3 is 4.74 Å². The lowest BCUT2D eigenvalue weighted by molar-refractivity contribution is 0.306. The number of rotatable bonds is 5. The van der Waals surface area contributed by atoms with E-state index in [-0.39, 0.29) is 0 Å². The van der Waals surface area contributed by atoms with E-state index in [1.807, 2.05) is 6.07 Å². The summed E-state index contributed by atoms with van der Waals surface area (Å²) in [4.78, 5) is 0. The molecule has 0 saturated carbocycles. The fraction of sp³-hybridized carbons (Fsp3) is 0.294. The molecule has 0 saturated heterocycles. The monoisotopic (exact) mass is 240 g/mol. The number of hydrogen-bond donors (Lipinski definition) is 0. The van der Waals surface area contributed by atoms with Gasteiger partial charge in [0.2, 0.25) is 0 Å². The van der Waals surface area contributed by atoms with E-state index in [0.29, 0.717) is 6.61 Å². The molecule has 1 heteroatoms. The maximum atomic E-state index is 5.82. The van der Waals surface area contributed by atoms with Crippen LogP contribution >= 0.6 is 0 Å². The van der Waals surface area contributed by atoms with E-state index < -0.39 is 0 Å². The summed E-state index contributed by atoms with van der Waals surface area (Å²) in [6.45, 7) is 4.93. The van der Waals surface area contributed by atoms with Crippen LogP contribution in [0.1, 0.15) is 30.0 Å². The van der Waals surface area contributed by atoms with Crippen LogP contribution < -0.4 is 4.74 Å². The quantitative estimate of drug-likeness (QED) is 0.746. The molecule has 0 spiro atoms. The van der Waals surface area contributed by atoms with Crippen molar-refractivity contribution >= 4 is 0 Å². The molecular weight excluding hydrogens is 220 g/mol. The first kappa shape index (κ1) is 12.7. The largest absolute Gasteiger partial charge is 0.489 e. The van der Waals surface area contributed by atoms with Crippen LogP contribution in [-0.4, -0.2) is 0 Å². The van der Waals surface area contributed by atoms with Crippen molar-refractivity contribution in [1.82, 2.24) is 0 Å². The van der Waals surface area contributed by atoms with Gasteiger partial charge in [-0.25, -0.2) is 0 Å². The first-order valence-corrected chi connectivity index (χ1v) is 6.55. The molecule has 0 radical (unpaired) electrons. The van der Waals surface area contributed by atoms with Crippen molar-refractivity contribution < 1.29 is 4.74 Å². The standard InChI is InChI=1S/C17H20O/c1-3-5-15-6-4-7-17(12-15)18-13-16-10-8-14(2)9-11-16/h4,6-12H,3,5,13H2,1-2H3. The average molecular weight is 240 g/mol. The first-order chi connectivity index (χ1) is 8.78. The van der Waals surface area contributed by atoms with E-state index in [0.717, 1.165) is 12.2 Å².